The number of aromatic carboxylic acids is 1. The average Bonchev–Trinajstić information content (AvgIpc) is 2.58. The molecule has 20 heavy (non-hydrogen) atoms. The van der Waals surface area contributed by atoms with Crippen molar-refractivity contribution in [3.05, 3.63) is 17.0 Å². The first kappa shape index (κ1) is 15.0. The van der Waals surface area contributed by atoms with E-state index < -0.39 is 16.0 Å². The highest BCUT2D eigenvalue weighted by atomic mass is 32.2. The second kappa shape index (κ2) is 5.55. The van der Waals surface area contributed by atoms with Gasteiger partial charge in [0, 0.05) is 31.0 Å². The summed E-state index contributed by atoms with van der Waals surface area (Å²) in [5.41, 5.74) is 0.525. The van der Waals surface area contributed by atoms with Crippen molar-refractivity contribution in [1.29, 1.82) is 0 Å². The molecule has 8 heteroatoms. The molecule has 0 spiro atoms. The van der Waals surface area contributed by atoms with E-state index in [0.29, 0.717) is 31.9 Å². The van der Waals surface area contributed by atoms with Crippen LogP contribution in [0.15, 0.2) is 4.90 Å². The van der Waals surface area contributed by atoms with Gasteiger partial charge in [0.2, 0.25) is 10.0 Å². The van der Waals surface area contributed by atoms with Gasteiger partial charge in [-0.3, -0.25) is 0 Å². The number of hydrogen-bond donors (Lipinski definition) is 2. The van der Waals surface area contributed by atoms with Crippen molar-refractivity contribution in [3.8, 4) is 0 Å². The first-order valence-electron chi connectivity index (χ1n) is 6.36. The minimum absolute atomic E-state index is 0.0665. The number of rotatable bonds is 3. The number of nitrogens with one attached hydrogen (secondary N) is 1. The zero-order valence-corrected chi connectivity index (χ0v) is 12.3. The molecular formula is C12H18N2O5S. The molecule has 0 aromatic carbocycles. The molecule has 1 aromatic rings. The number of carbonyl (C=O) groups is 1. The van der Waals surface area contributed by atoms with Crippen molar-refractivity contribution in [3.63, 3.8) is 0 Å². The van der Waals surface area contributed by atoms with E-state index in [9.17, 15) is 13.2 Å². The smallest absolute Gasteiger partial charge is 0.352 e. The molecule has 2 heterocycles. The number of hydrogen-bond acceptors (Lipinski definition) is 4. The van der Waals surface area contributed by atoms with Crippen molar-refractivity contribution in [2.45, 2.75) is 25.2 Å². The van der Waals surface area contributed by atoms with Gasteiger partial charge in [-0.15, -0.1) is 0 Å². The van der Waals surface area contributed by atoms with Gasteiger partial charge in [-0.05, 0) is 20.3 Å². The molecule has 0 saturated carbocycles. The van der Waals surface area contributed by atoms with Gasteiger partial charge in [-0.25, -0.2) is 13.2 Å². The monoisotopic (exact) mass is 302 g/mol. The maximum absolute atomic E-state index is 12.7. The second-order valence-electron chi connectivity index (χ2n) is 4.75. The lowest BCUT2D eigenvalue weighted by Crippen LogP contribution is -2.33. The number of nitrogens with zero attached hydrogens (tertiary/aromatic N) is 1. The minimum atomic E-state index is -3.70. The second-order valence-corrected chi connectivity index (χ2v) is 6.63. The Kier molecular flexibility index (Phi) is 4.17. The van der Waals surface area contributed by atoms with Crippen LogP contribution in [0.1, 0.15) is 28.2 Å². The standard InChI is InChI=1S/C12H18N2O5S/c1-8-10(12(15)16)13-9(2)11(8)20(17,18)14-4-3-6-19-7-5-14/h13H,3-7H2,1-2H3,(H,15,16). The summed E-state index contributed by atoms with van der Waals surface area (Å²) in [6.45, 7) is 4.64. The molecule has 1 aliphatic rings. The number of sulfonamides is 1. The van der Waals surface area contributed by atoms with Crippen molar-refractivity contribution < 1.29 is 23.1 Å². The number of carboxylic acid groups (broad SMARTS) is 1. The van der Waals surface area contributed by atoms with E-state index in [0.717, 1.165) is 0 Å². The van der Waals surface area contributed by atoms with E-state index in [1.165, 1.54) is 11.2 Å². The van der Waals surface area contributed by atoms with Gasteiger partial charge >= 0.3 is 5.97 Å². The van der Waals surface area contributed by atoms with E-state index in [1.807, 2.05) is 0 Å². The summed E-state index contributed by atoms with van der Waals surface area (Å²) < 4.78 is 32.0. The van der Waals surface area contributed by atoms with Gasteiger partial charge in [-0.2, -0.15) is 4.31 Å². The van der Waals surface area contributed by atoms with E-state index in [4.69, 9.17) is 9.84 Å². The molecule has 1 saturated heterocycles. The molecule has 112 valence electrons. The minimum Gasteiger partial charge on any atom is -0.477 e. The summed E-state index contributed by atoms with van der Waals surface area (Å²) in [5, 5.41) is 9.06. The molecule has 7 nitrogen and oxygen atoms in total. The van der Waals surface area contributed by atoms with Crippen molar-refractivity contribution >= 4 is 16.0 Å². The third-order valence-corrected chi connectivity index (χ3v) is 5.53. The lowest BCUT2D eigenvalue weighted by atomic mass is 10.2. The summed E-state index contributed by atoms with van der Waals surface area (Å²) in [4.78, 5) is 13.8. The van der Waals surface area contributed by atoms with Crippen molar-refractivity contribution in [2.24, 2.45) is 0 Å². The average molecular weight is 302 g/mol. The first-order chi connectivity index (χ1) is 9.35. The van der Waals surface area contributed by atoms with Crippen LogP contribution in [0.4, 0.5) is 0 Å². The number of ether oxygens (including phenoxy) is 1. The van der Waals surface area contributed by atoms with Crippen LogP contribution in [0.3, 0.4) is 0 Å². The Labute approximate surface area is 117 Å². The molecule has 0 unspecified atom stereocenters. The number of carboxylic acids is 1. The third-order valence-electron chi connectivity index (χ3n) is 3.36. The zero-order chi connectivity index (χ0) is 14.9. The highest BCUT2D eigenvalue weighted by Crippen LogP contribution is 2.27. The Bertz CT molecular complexity index is 612. The predicted octanol–water partition coefficient (Wildman–Crippen LogP) is 0.741. The number of aromatic amines is 1. The van der Waals surface area contributed by atoms with Crippen LogP contribution < -0.4 is 0 Å². The van der Waals surface area contributed by atoms with Crippen LogP contribution in [0, 0.1) is 13.8 Å². The van der Waals surface area contributed by atoms with E-state index in [1.54, 1.807) is 6.92 Å². The van der Waals surface area contributed by atoms with Gasteiger partial charge < -0.3 is 14.8 Å². The lowest BCUT2D eigenvalue weighted by Gasteiger charge is -2.19. The fourth-order valence-electron chi connectivity index (χ4n) is 2.43. The molecule has 1 fully saturated rings. The summed E-state index contributed by atoms with van der Waals surface area (Å²) in [5.74, 6) is -1.16. The van der Waals surface area contributed by atoms with Crippen LogP contribution in [-0.2, 0) is 14.8 Å². The third kappa shape index (κ3) is 2.58. The number of aryl methyl sites for hydroxylation is 1. The van der Waals surface area contributed by atoms with E-state index in [2.05, 4.69) is 4.98 Å². The molecule has 2 rings (SSSR count). The maximum atomic E-state index is 12.7. The SMILES string of the molecule is Cc1[nH]c(C(=O)O)c(C)c1S(=O)(=O)N1CCCOCC1. The van der Waals surface area contributed by atoms with Crippen LogP contribution in [0.5, 0.6) is 0 Å². The Hall–Kier alpha value is -1.38. The Morgan fingerprint density at radius 2 is 2.00 bits per heavy atom. The van der Waals surface area contributed by atoms with Crippen LogP contribution >= 0.6 is 0 Å². The van der Waals surface area contributed by atoms with Gasteiger partial charge in [-0.1, -0.05) is 0 Å². The van der Waals surface area contributed by atoms with E-state index >= 15 is 0 Å². The summed E-state index contributed by atoms with van der Waals surface area (Å²) in [6, 6.07) is 0. The molecule has 0 radical (unpaired) electrons. The van der Waals surface area contributed by atoms with Crippen molar-refractivity contribution in [2.75, 3.05) is 26.3 Å². The normalized spacial score (nSPS) is 17.9. The van der Waals surface area contributed by atoms with Gasteiger partial charge in [0.1, 0.15) is 10.6 Å². The molecule has 1 aliphatic heterocycles. The molecule has 1 aromatic heterocycles. The Balaban J connectivity index is 2.46. The highest BCUT2D eigenvalue weighted by molar-refractivity contribution is 7.89. The molecular weight excluding hydrogens is 284 g/mol. The largest absolute Gasteiger partial charge is 0.477 e. The quantitative estimate of drug-likeness (QED) is 0.858. The summed E-state index contributed by atoms with van der Waals surface area (Å²) in [7, 11) is -3.70. The molecule has 0 amide bonds. The maximum Gasteiger partial charge on any atom is 0.352 e. The van der Waals surface area contributed by atoms with Gasteiger partial charge in [0.15, 0.2) is 0 Å². The van der Waals surface area contributed by atoms with Gasteiger partial charge in [0.05, 0.1) is 6.61 Å². The van der Waals surface area contributed by atoms with E-state index in [-0.39, 0.29) is 22.7 Å². The molecule has 0 bridgehead atoms. The fraction of sp³-hybridized carbons (Fsp3) is 0.583. The van der Waals surface area contributed by atoms with Gasteiger partial charge in [0.25, 0.3) is 0 Å². The molecule has 2 N–H and O–H groups in total. The number of aromatic nitrogens is 1. The Morgan fingerprint density at radius 1 is 1.30 bits per heavy atom. The topological polar surface area (TPSA) is 99.7 Å². The zero-order valence-electron chi connectivity index (χ0n) is 11.5. The predicted molar refractivity (Wildman–Crippen MR) is 71.4 cm³/mol. The fourth-order valence-corrected chi connectivity index (χ4v) is 4.30. The summed E-state index contributed by atoms with van der Waals surface area (Å²) in [6.07, 6.45) is 0.632. The molecule has 0 aliphatic carbocycles. The van der Waals surface area contributed by atoms with Crippen molar-refractivity contribution in [1.82, 2.24) is 9.29 Å². The number of H-pyrrole nitrogens is 1. The lowest BCUT2D eigenvalue weighted by molar-refractivity contribution is 0.0690. The molecule has 0 atom stereocenters. The van der Waals surface area contributed by atoms with Crippen LogP contribution in [0.25, 0.3) is 0 Å². The first-order valence-corrected chi connectivity index (χ1v) is 7.80. The summed E-state index contributed by atoms with van der Waals surface area (Å²) >= 11 is 0. The highest BCUT2D eigenvalue weighted by Gasteiger charge is 2.31. The Morgan fingerprint density at radius 3 is 2.60 bits per heavy atom. The van der Waals surface area contributed by atoms with Crippen LogP contribution in [-0.4, -0.2) is 55.1 Å². The van der Waals surface area contributed by atoms with Crippen LogP contribution in [0.2, 0.25) is 0 Å².